The predicted octanol–water partition coefficient (Wildman–Crippen LogP) is -1.05. The summed E-state index contributed by atoms with van der Waals surface area (Å²) in [4.78, 5) is 49.5. The van der Waals surface area contributed by atoms with Crippen LogP contribution < -0.4 is 15.3 Å². The van der Waals surface area contributed by atoms with Crippen molar-refractivity contribution in [3.63, 3.8) is 0 Å². The Morgan fingerprint density at radius 2 is 2.03 bits per heavy atom. The van der Waals surface area contributed by atoms with Crippen LogP contribution in [0.5, 0.6) is 0 Å². The number of β-lactam (4-membered cyclic amide) rings is 1. The third-order valence-electron chi connectivity index (χ3n) is 4.85. The van der Waals surface area contributed by atoms with Gasteiger partial charge in [0, 0.05) is 11.3 Å². The van der Waals surface area contributed by atoms with Gasteiger partial charge < -0.3 is 15.5 Å². The molecule has 0 saturated carbocycles. The molecule has 32 heavy (non-hydrogen) atoms. The number of aliphatic carboxylic acids is 1. The molecule has 0 aliphatic carbocycles. The zero-order valence-electron chi connectivity index (χ0n) is 16.4. The monoisotopic (exact) mass is 460 g/mol. The average molecular weight is 460 g/mol. The van der Waals surface area contributed by atoms with Crippen molar-refractivity contribution in [2.75, 3.05) is 17.7 Å². The second kappa shape index (κ2) is 8.80. The zero-order valence-corrected chi connectivity index (χ0v) is 17.2. The van der Waals surface area contributed by atoms with E-state index in [-0.39, 0.29) is 29.5 Å². The lowest BCUT2D eigenvalue weighted by Gasteiger charge is -2.49. The minimum Gasteiger partial charge on any atom is -0.477 e. The molecule has 2 unspecified atom stereocenters. The largest absolute Gasteiger partial charge is 0.477 e. The van der Waals surface area contributed by atoms with Crippen molar-refractivity contribution in [1.82, 2.24) is 15.5 Å². The Hall–Kier alpha value is -3.71. The number of carboxylic acid groups (broad SMARTS) is 1. The fraction of sp³-hybridized carbons (Fsp3) is 0.263. The molecule has 4 rings (SSSR count). The first-order valence-electron chi connectivity index (χ1n) is 9.42. The van der Waals surface area contributed by atoms with E-state index < -0.39 is 41.7 Å². The molecule has 1 aromatic carbocycles. The maximum atomic E-state index is 12.5. The van der Waals surface area contributed by atoms with Gasteiger partial charge in [0.1, 0.15) is 17.1 Å². The van der Waals surface area contributed by atoms with Crippen LogP contribution in [-0.2, 0) is 20.9 Å². The highest BCUT2D eigenvalue weighted by Gasteiger charge is 2.54. The average Bonchev–Trinajstić information content (AvgIpc) is 3.23. The van der Waals surface area contributed by atoms with E-state index in [9.17, 15) is 29.4 Å². The topological polar surface area (TPSA) is 166 Å². The number of benzene rings is 1. The van der Waals surface area contributed by atoms with Crippen LogP contribution in [0.2, 0.25) is 0 Å². The summed E-state index contributed by atoms with van der Waals surface area (Å²) >= 11 is 1.26. The van der Waals surface area contributed by atoms with Crippen LogP contribution in [-0.4, -0.2) is 67.9 Å². The van der Waals surface area contributed by atoms with Gasteiger partial charge in [-0.1, -0.05) is 18.2 Å². The van der Waals surface area contributed by atoms with Crippen molar-refractivity contribution >= 4 is 41.3 Å². The second-order valence-corrected chi connectivity index (χ2v) is 8.06. The normalized spacial score (nSPS) is 19.8. The molecule has 2 aromatic rings. The lowest BCUT2D eigenvalue weighted by Crippen LogP contribution is -2.71. The molecule has 0 bridgehead atoms. The summed E-state index contributed by atoms with van der Waals surface area (Å²) in [6, 6.07) is 7.57. The second-order valence-electron chi connectivity index (χ2n) is 6.95. The molecule has 166 valence electrons. The van der Waals surface area contributed by atoms with Gasteiger partial charge in [-0.2, -0.15) is 0 Å². The van der Waals surface area contributed by atoms with Crippen molar-refractivity contribution in [2.24, 2.45) is 0 Å². The van der Waals surface area contributed by atoms with Crippen LogP contribution >= 0.6 is 11.8 Å². The number of thioether (sulfide) groups is 1. The van der Waals surface area contributed by atoms with E-state index in [4.69, 9.17) is 4.52 Å². The number of nitrogens with one attached hydrogen (secondary N) is 2. The maximum Gasteiger partial charge on any atom is 0.352 e. The standard InChI is InChI=1S/C19H17N5O7S/c25-8-11-9-32-18-14(17(28)24(18)15(11)19(29)30)20-12(26)6-23-7-13(31-22-23)21-16(27)10-4-2-1-3-5-10/h1-5,7,14,18,25H,6,8-9H2,(H2-,20,21,22,26,27,29,30)/p+1. The van der Waals surface area contributed by atoms with Crippen LogP contribution in [0.3, 0.4) is 0 Å². The van der Waals surface area contributed by atoms with Crippen molar-refractivity contribution in [2.45, 2.75) is 18.0 Å². The third kappa shape index (κ3) is 4.07. The van der Waals surface area contributed by atoms with Gasteiger partial charge in [0.2, 0.25) is 5.27 Å². The summed E-state index contributed by atoms with van der Waals surface area (Å²) in [6.45, 7) is -0.747. The molecule has 12 nitrogen and oxygen atoms in total. The molecule has 0 spiro atoms. The SMILES string of the molecule is O=C(C[n+]1cc(NC(=O)c2ccccc2)on1)NC1C(=O)N2C(C(=O)O)=C(CO)CSC12. The highest BCUT2D eigenvalue weighted by molar-refractivity contribution is 8.00. The Morgan fingerprint density at radius 1 is 1.28 bits per heavy atom. The van der Waals surface area contributed by atoms with Crippen LogP contribution in [0.15, 0.2) is 52.3 Å². The van der Waals surface area contributed by atoms with E-state index in [1.165, 1.54) is 18.0 Å². The molecule has 3 amide bonds. The number of anilines is 1. The first-order valence-corrected chi connectivity index (χ1v) is 10.5. The molecule has 13 heteroatoms. The van der Waals surface area contributed by atoms with E-state index in [1.54, 1.807) is 30.3 Å². The molecule has 1 saturated heterocycles. The number of hydrogen-bond acceptors (Lipinski definition) is 8. The molecule has 0 radical (unpaired) electrons. The minimum atomic E-state index is -1.30. The lowest BCUT2D eigenvalue weighted by atomic mass is 10.0. The molecule has 2 aliphatic rings. The van der Waals surface area contributed by atoms with Gasteiger partial charge in [0.25, 0.3) is 30.5 Å². The number of rotatable bonds is 7. The molecular formula is C19H18N5O7S+. The number of amides is 3. The Bertz CT molecular complexity index is 1120. The number of hydrogen-bond donors (Lipinski definition) is 4. The summed E-state index contributed by atoms with van der Waals surface area (Å²) in [7, 11) is 0. The van der Waals surface area contributed by atoms with Gasteiger partial charge in [-0.15, -0.1) is 11.8 Å². The Balaban J connectivity index is 1.34. The summed E-state index contributed by atoms with van der Waals surface area (Å²) in [6.07, 6.45) is 1.32. The Labute approximate surface area is 184 Å². The number of carbonyl (C=O) groups excluding carboxylic acids is 3. The predicted molar refractivity (Wildman–Crippen MR) is 108 cm³/mol. The number of aliphatic hydroxyl groups is 1. The fourth-order valence-corrected chi connectivity index (χ4v) is 4.69. The van der Waals surface area contributed by atoms with Crippen molar-refractivity contribution in [3.05, 3.63) is 53.4 Å². The first-order chi connectivity index (χ1) is 15.4. The number of aromatic nitrogens is 2. The number of fused-ring (bicyclic) bond motifs is 1. The number of carboxylic acids is 1. The molecule has 1 aromatic heterocycles. The molecule has 4 N–H and O–H groups in total. The van der Waals surface area contributed by atoms with Crippen molar-refractivity contribution in [1.29, 1.82) is 0 Å². The van der Waals surface area contributed by atoms with Crippen molar-refractivity contribution in [3.8, 4) is 0 Å². The van der Waals surface area contributed by atoms with E-state index in [0.717, 1.165) is 9.58 Å². The third-order valence-corrected chi connectivity index (χ3v) is 6.19. The van der Waals surface area contributed by atoms with E-state index >= 15 is 0 Å². The summed E-state index contributed by atoms with van der Waals surface area (Å²) < 4.78 is 6.15. The molecule has 2 aliphatic heterocycles. The van der Waals surface area contributed by atoms with Crippen LogP contribution in [0.4, 0.5) is 5.88 Å². The maximum absolute atomic E-state index is 12.5. The highest BCUT2D eigenvalue weighted by atomic mass is 32.2. The van der Waals surface area contributed by atoms with Crippen LogP contribution in [0.25, 0.3) is 0 Å². The Kier molecular flexibility index (Phi) is 5.92. The summed E-state index contributed by atoms with van der Waals surface area (Å²) in [5, 5.41) is 26.9. The smallest absolute Gasteiger partial charge is 0.352 e. The van der Waals surface area contributed by atoms with Crippen LogP contribution in [0.1, 0.15) is 10.4 Å². The minimum absolute atomic E-state index is 0.0353. The summed E-state index contributed by atoms with van der Waals surface area (Å²) in [5.41, 5.74) is 0.432. The number of nitrogens with zero attached hydrogens (tertiary/aromatic N) is 3. The first kappa shape index (κ1) is 21.5. The summed E-state index contributed by atoms with van der Waals surface area (Å²) in [5.74, 6) is -2.55. The quantitative estimate of drug-likeness (QED) is 0.298. The number of aliphatic hydroxyl groups excluding tert-OH is 1. The Morgan fingerprint density at radius 3 is 2.72 bits per heavy atom. The van der Waals surface area contributed by atoms with Gasteiger partial charge in [-0.05, 0) is 22.4 Å². The van der Waals surface area contributed by atoms with E-state index in [1.807, 2.05) is 0 Å². The van der Waals surface area contributed by atoms with E-state index in [0.29, 0.717) is 5.56 Å². The highest BCUT2D eigenvalue weighted by Crippen LogP contribution is 2.40. The van der Waals surface area contributed by atoms with Gasteiger partial charge in [-0.3, -0.25) is 29.1 Å². The van der Waals surface area contributed by atoms with Crippen LogP contribution in [0, 0.1) is 0 Å². The molecule has 3 heterocycles. The molecule has 1 fully saturated rings. The molecule has 2 atom stereocenters. The van der Waals surface area contributed by atoms with Gasteiger partial charge >= 0.3 is 11.9 Å². The van der Waals surface area contributed by atoms with Gasteiger partial charge in [-0.25, -0.2) is 4.79 Å². The van der Waals surface area contributed by atoms with Gasteiger partial charge in [0.05, 0.1) is 6.61 Å². The van der Waals surface area contributed by atoms with E-state index in [2.05, 4.69) is 15.9 Å². The number of carbonyl (C=O) groups is 4. The lowest BCUT2D eigenvalue weighted by molar-refractivity contribution is -0.751. The molecular weight excluding hydrogens is 442 g/mol. The zero-order chi connectivity index (χ0) is 22.8. The fourth-order valence-electron chi connectivity index (χ4n) is 3.35. The van der Waals surface area contributed by atoms with Crippen molar-refractivity contribution < 1.29 is 38.6 Å². The van der Waals surface area contributed by atoms with Gasteiger partial charge in [0.15, 0.2) is 0 Å².